The molecule has 3 heterocycles. The lowest BCUT2D eigenvalue weighted by atomic mass is 9.88. The minimum atomic E-state index is -0.708. The zero-order chi connectivity index (χ0) is 17.0. The molecule has 0 saturated heterocycles. The zero-order valence-corrected chi connectivity index (χ0v) is 14.7. The van der Waals surface area contributed by atoms with Gasteiger partial charge in [0.25, 0.3) is 0 Å². The van der Waals surface area contributed by atoms with Crippen molar-refractivity contribution in [2.24, 2.45) is 5.92 Å². The summed E-state index contributed by atoms with van der Waals surface area (Å²) in [4.78, 5) is 22.2. The van der Waals surface area contributed by atoms with Crippen molar-refractivity contribution >= 4 is 60.8 Å². The van der Waals surface area contributed by atoms with Gasteiger partial charge in [0, 0.05) is 10.6 Å². The fourth-order valence-corrected chi connectivity index (χ4v) is 5.31. The van der Waals surface area contributed by atoms with Gasteiger partial charge >= 0.3 is 5.97 Å². The number of hydrogen-bond acceptors (Lipinski definition) is 6. The lowest BCUT2D eigenvalue weighted by Gasteiger charge is -2.18. The van der Waals surface area contributed by atoms with Gasteiger partial charge < -0.3 is 14.8 Å². The summed E-state index contributed by atoms with van der Waals surface area (Å²) in [6.07, 6.45) is 3.59. The van der Waals surface area contributed by atoms with Crippen molar-refractivity contribution in [3.05, 3.63) is 35.0 Å². The molecule has 126 valence electrons. The van der Waals surface area contributed by atoms with E-state index in [0.717, 1.165) is 38.5 Å². The van der Waals surface area contributed by atoms with Gasteiger partial charge in [0.15, 0.2) is 0 Å². The zero-order valence-electron chi connectivity index (χ0n) is 13.1. The van der Waals surface area contributed by atoms with Gasteiger partial charge in [-0.25, -0.2) is 9.97 Å². The highest BCUT2D eigenvalue weighted by Gasteiger charge is 2.28. The van der Waals surface area contributed by atoms with Crippen LogP contribution in [0.25, 0.3) is 20.4 Å². The first-order valence-corrected chi connectivity index (χ1v) is 9.64. The molecule has 0 saturated carbocycles. The van der Waals surface area contributed by atoms with Crippen molar-refractivity contribution in [3.63, 3.8) is 0 Å². The predicted molar refractivity (Wildman–Crippen MR) is 100 cm³/mol. The standard InChI is InChI=1S/C17H14N4O2S2/c22-17(23)8-1-3-10-12(5-8)24-16-14(10)15(18-7-19-16)20-9-2-4-11-13(6-9)25-21-11/h2,4,6-8,21H,1,3,5H2,(H,22,23)(H,18,19,20). The molecule has 0 bridgehead atoms. The lowest BCUT2D eigenvalue weighted by Crippen LogP contribution is -2.21. The molecule has 0 aliphatic heterocycles. The Hall–Kier alpha value is -2.45. The van der Waals surface area contributed by atoms with Crippen LogP contribution in [0.4, 0.5) is 11.5 Å². The topological polar surface area (TPSA) is 90.9 Å². The largest absolute Gasteiger partial charge is 0.481 e. The summed E-state index contributed by atoms with van der Waals surface area (Å²) >= 11 is 3.20. The highest BCUT2D eigenvalue weighted by Crippen LogP contribution is 2.40. The molecule has 1 atom stereocenters. The average Bonchev–Trinajstić information content (AvgIpc) is 2.96. The molecule has 4 aromatic rings. The normalized spacial score (nSPS) is 17.0. The summed E-state index contributed by atoms with van der Waals surface area (Å²) in [7, 11) is 0. The summed E-state index contributed by atoms with van der Waals surface area (Å²) in [5.74, 6) is -0.198. The number of nitrogens with zero attached hydrogens (tertiary/aromatic N) is 2. The maximum Gasteiger partial charge on any atom is 0.306 e. The fraction of sp³-hybridized carbons (Fsp3) is 0.235. The summed E-state index contributed by atoms with van der Waals surface area (Å²) in [6, 6.07) is 6.18. The summed E-state index contributed by atoms with van der Waals surface area (Å²) < 4.78 is 4.39. The van der Waals surface area contributed by atoms with Gasteiger partial charge in [-0.05, 0) is 43.0 Å². The first-order valence-electron chi connectivity index (χ1n) is 8.01. The third kappa shape index (κ3) is 2.40. The van der Waals surface area contributed by atoms with E-state index in [2.05, 4.69) is 25.7 Å². The Labute approximate surface area is 150 Å². The number of benzene rings is 1. The second-order valence-electron chi connectivity index (χ2n) is 6.22. The summed E-state index contributed by atoms with van der Waals surface area (Å²) in [5, 5.41) is 13.8. The molecule has 0 amide bonds. The molecule has 1 aliphatic carbocycles. The molecule has 3 N–H and O–H groups in total. The Bertz CT molecular complexity index is 1110. The molecule has 0 radical (unpaired) electrons. The molecule has 1 aromatic carbocycles. The Kier molecular flexibility index (Phi) is 3.29. The van der Waals surface area contributed by atoms with Crippen molar-refractivity contribution in [2.45, 2.75) is 19.3 Å². The van der Waals surface area contributed by atoms with Crippen LogP contribution in [0.1, 0.15) is 16.9 Å². The van der Waals surface area contributed by atoms with E-state index in [4.69, 9.17) is 0 Å². The minimum absolute atomic E-state index is 0.289. The molecule has 5 rings (SSSR count). The van der Waals surface area contributed by atoms with Crippen LogP contribution in [0.3, 0.4) is 0 Å². The number of fused-ring (bicyclic) bond motifs is 4. The number of aliphatic carboxylic acids is 1. The van der Waals surface area contributed by atoms with Crippen LogP contribution in [0, 0.1) is 5.92 Å². The highest BCUT2D eigenvalue weighted by molar-refractivity contribution is 7.19. The van der Waals surface area contributed by atoms with Crippen LogP contribution >= 0.6 is 22.9 Å². The molecule has 1 aliphatic rings. The number of aromatic amines is 1. The van der Waals surface area contributed by atoms with Gasteiger partial charge in [0.2, 0.25) is 0 Å². The SMILES string of the molecule is O=C(O)C1CCc2c(sc3ncnc(Nc4ccc5[nH]sc5c4)c23)C1. The van der Waals surface area contributed by atoms with E-state index >= 15 is 0 Å². The molecule has 1 unspecified atom stereocenters. The highest BCUT2D eigenvalue weighted by atomic mass is 32.1. The van der Waals surface area contributed by atoms with Gasteiger partial charge in [-0.3, -0.25) is 4.79 Å². The van der Waals surface area contributed by atoms with Gasteiger partial charge in [-0.2, -0.15) is 0 Å². The number of carboxylic acids is 1. The van der Waals surface area contributed by atoms with E-state index in [-0.39, 0.29) is 5.92 Å². The molecular formula is C17H14N4O2S2. The lowest BCUT2D eigenvalue weighted by molar-refractivity contribution is -0.142. The number of aryl methyl sites for hydroxylation is 1. The van der Waals surface area contributed by atoms with Crippen molar-refractivity contribution in [1.82, 2.24) is 14.3 Å². The Morgan fingerprint density at radius 1 is 1.36 bits per heavy atom. The molecule has 0 spiro atoms. The molecule has 6 nitrogen and oxygen atoms in total. The van der Waals surface area contributed by atoms with Crippen LogP contribution < -0.4 is 5.32 Å². The van der Waals surface area contributed by atoms with Crippen molar-refractivity contribution in [3.8, 4) is 0 Å². The summed E-state index contributed by atoms with van der Waals surface area (Å²) in [5.41, 5.74) is 3.35. The Morgan fingerprint density at radius 3 is 3.04 bits per heavy atom. The first kappa shape index (κ1) is 14.9. The van der Waals surface area contributed by atoms with E-state index in [1.165, 1.54) is 10.3 Å². The van der Waals surface area contributed by atoms with Gasteiger partial charge in [0.05, 0.1) is 21.5 Å². The van der Waals surface area contributed by atoms with Crippen LogP contribution in [0.15, 0.2) is 24.5 Å². The maximum atomic E-state index is 11.3. The molecule has 8 heteroatoms. The van der Waals surface area contributed by atoms with Crippen molar-refractivity contribution < 1.29 is 9.90 Å². The number of anilines is 2. The maximum absolute atomic E-state index is 11.3. The van der Waals surface area contributed by atoms with Crippen LogP contribution in [-0.2, 0) is 17.6 Å². The quantitative estimate of drug-likeness (QED) is 0.503. The number of H-pyrrole nitrogens is 1. The number of rotatable bonds is 3. The van der Waals surface area contributed by atoms with Crippen molar-refractivity contribution in [2.75, 3.05) is 5.32 Å². The fourth-order valence-electron chi connectivity index (χ4n) is 3.38. The number of carboxylic acid groups (broad SMARTS) is 1. The van der Waals surface area contributed by atoms with Crippen molar-refractivity contribution in [1.29, 1.82) is 0 Å². The molecule has 25 heavy (non-hydrogen) atoms. The number of aromatic nitrogens is 3. The third-order valence-corrected chi connectivity index (χ3v) is 6.75. The van der Waals surface area contributed by atoms with Crippen LogP contribution in [0.5, 0.6) is 0 Å². The molecule has 3 aromatic heterocycles. The monoisotopic (exact) mass is 370 g/mol. The van der Waals surface area contributed by atoms with E-state index in [1.807, 2.05) is 12.1 Å². The first-order chi connectivity index (χ1) is 12.2. The van der Waals surface area contributed by atoms with Gasteiger partial charge in [-0.15, -0.1) is 11.3 Å². The second kappa shape index (κ2) is 5.53. The minimum Gasteiger partial charge on any atom is -0.481 e. The van der Waals surface area contributed by atoms with Crippen LogP contribution in [-0.4, -0.2) is 25.4 Å². The van der Waals surface area contributed by atoms with E-state index in [0.29, 0.717) is 12.8 Å². The number of thiophene rings is 1. The molecule has 0 fully saturated rings. The number of nitrogens with one attached hydrogen (secondary N) is 2. The molecular weight excluding hydrogens is 356 g/mol. The average molecular weight is 370 g/mol. The Morgan fingerprint density at radius 2 is 2.28 bits per heavy atom. The van der Waals surface area contributed by atoms with Gasteiger partial charge in [0.1, 0.15) is 17.0 Å². The number of hydrogen-bond donors (Lipinski definition) is 3. The smallest absolute Gasteiger partial charge is 0.306 e. The third-order valence-electron chi connectivity index (χ3n) is 4.71. The second-order valence-corrected chi connectivity index (χ2v) is 8.16. The summed E-state index contributed by atoms with van der Waals surface area (Å²) in [6.45, 7) is 0. The van der Waals surface area contributed by atoms with E-state index < -0.39 is 5.97 Å². The predicted octanol–water partition coefficient (Wildman–Crippen LogP) is 4.17. The van der Waals surface area contributed by atoms with E-state index in [1.54, 1.807) is 29.2 Å². The van der Waals surface area contributed by atoms with Crippen LogP contribution in [0.2, 0.25) is 0 Å². The van der Waals surface area contributed by atoms with Gasteiger partial charge in [-0.1, -0.05) is 11.5 Å². The Balaban J connectivity index is 1.57. The number of carbonyl (C=O) groups is 1. The van der Waals surface area contributed by atoms with E-state index in [9.17, 15) is 9.90 Å².